The van der Waals surface area contributed by atoms with E-state index in [9.17, 15) is 10.1 Å². The predicted octanol–water partition coefficient (Wildman–Crippen LogP) is -2.50. The van der Waals surface area contributed by atoms with E-state index in [2.05, 4.69) is 0 Å². The average molecular weight is 340 g/mol. The molecule has 6 saturated heterocycles. The molecule has 6 aliphatic heterocycles. The molecule has 6 aliphatic rings. The Bertz CT molecular complexity index is 520. The summed E-state index contributed by atoms with van der Waals surface area (Å²) in [6.07, 6.45) is -2.58. The van der Waals surface area contributed by atoms with Crippen molar-refractivity contribution in [1.29, 1.82) is 0 Å². The van der Waals surface area contributed by atoms with Gasteiger partial charge in [-0.2, -0.15) is 0 Å². The molecule has 9 nitrogen and oxygen atoms in total. The van der Waals surface area contributed by atoms with Crippen LogP contribution in [0.4, 0.5) is 0 Å². The zero-order chi connectivity index (χ0) is 16.0. The van der Waals surface area contributed by atoms with E-state index in [4.69, 9.17) is 33.0 Å². The average Bonchev–Trinajstić information content (AvgIpc) is 3.16. The topological polar surface area (TPSA) is 105 Å². The minimum atomic E-state index is -0.946. The number of aliphatic hydroxyl groups is 1. The van der Waals surface area contributed by atoms with Crippen molar-refractivity contribution < 1.29 is 43.1 Å². The van der Waals surface area contributed by atoms with Crippen molar-refractivity contribution in [3.63, 3.8) is 0 Å². The largest absolute Gasteiger partial charge is 0.450 e. The Hall–Kier alpha value is -0.230. The van der Waals surface area contributed by atoms with Crippen molar-refractivity contribution in [3.05, 3.63) is 0 Å². The second-order valence-electron chi connectivity index (χ2n) is 7.35. The smallest absolute Gasteiger partial charge is 0.449 e. The lowest BCUT2D eigenvalue weighted by atomic mass is 9.30. The Morgan fingerprint density at radius 2 is 1.71 bits per heavy atom. The van der Waals surface area contributed by atoms with Crippen LogP contribution in [0.15, 0.2) is 0 Å². The molecule has 6 heterocycles. The molecule has 6 rings (SSSR count). The van der Waals surface area contributed by atoms with Gasteiger partial charge in [-0.05, 0) is 6.42 Å². The third-order valence-corrected chi connectivity index (χ3v) is 5.97. The van der Waals surface area contributed by atoms with Crippen molar-refractivity contribution in [2.24, 2.45) is 5.92 Å². The van der Waals surface area contributed by atoms with Crippen molar-refractivity contribution in [2.75, 3.05) is 13.2 Å². The van der Waals surface area contributed by atoms with Crippen LogP contribution in [0.2, 0.25) is 0 Å². The van der Waals surface area contributed by atoms with Gasteiger partial charge in [0.1, 0.15) is 24.4 Å². The Labute approximate surface area is 138 Å². The van der Waals surface area contributed by atoms with Gasteiger partial charge < -0.3 is 43.1 Å². The monoisotopic (exact) mass is 340 g/mol. The summed E-state index contributed by atoms with van der Waals surface area (Å²) < 4.78 is 39.7. The van der Waals surface area contributed by atoms with Gasteiger partial charge in [0, 0.05) is 5.92 Å². The molecule has 2 N–H and O–H groups in total. The SMILES string of the molecule is OB(B1O[C@H]2[C@@H]3OC[C@H](O3)[C@@H](O1)[C@@H]2O)C1O[C@H]2C3OC[C@H](C[C@H]12)O3. The molecule has 0 radical (unpaired) electrons. The summed E-state index contributed by atoms with van der Waals surface area (Å²) in [5.41, 5.74) is 0. The van der Waals surface area contributed by atoms with Crippen molar-refractivity contribution >= 4 is 13.8 Å². The number of hydrogen-bond donors (Lipinski definition) is 2. The number of fused-ring (bicyclic) bond motifs is 10. The van der Waals surface area contributed by atoms with Crippen LogP contribution in [0.1, 0.15) is 6.42 Å². The summed E-state index contributed by atoms with van der Waals surface area (Å²) in [6.45, 7) is -0.00871. The Kier molecular flexibility index (Phi) is 3.20. The first kappa shape index (κ1) is 14.9. The number of rotatable bonds is 2. The second kappa shape index (κ2) is 5.15. The summed E-state index contributed by atoms with van der Waals surface area (Å²) in [5, 5.41) is 21.0. The first-order valence-corrected chi connectivity index (χ1v) is 8.56. The van der Waals surface area contributed by atoms with Gasteiger partial charge in [0.05, 0.1) is 31.4 Å². The van der Waals surface area contributed by atoms with Crippen molar-refractivity contribution in [2.45, 2.75) is 61.6 Å². The normalized spacial score (nSPS) is 57.5. The van der Waals surface area contributed by atoms with E-state index >= 15 is 0 Å². The predicted molar refractivity (Wildman–Crippen MR) is 75.5 cm³/mol. The maximum absolute atomic E-state index is 10.7. The van der Waals surface area contributed by atoms with E-state index in [-0.39, 0.29) is 36.5 Å². The van der Waals surface area contributed by atoms with Gasteiger partial charge in [0.2, 0.25) is 0 Å². The van der Waals surface area contributed by atoms with Crippen LogP contribution in [0.3, 0.4) is 0 Å². The maximum atomic E-state index is 10.7. The molecule has 0 saturated carbocycles. The van der Waals surface area contributed by atoms with Crippen molar-refractivity contribution in [3.8, 4) is 0 Å². The fourth-order valence-corrected chi connectivity index (χ4v) is 4.74. The minimum Gasteiger partial charge on any atom is -0.450 e. The number of aliphatic hydroxyl groups excluding tert-OH is 1. The van der Waals surface area contributed by atoms with E-state index in [0.717, 1.165) is 6.42 Å². The number of ether oxygens (including phenoxy) is 5. The van der Waals surface area contributed by atoms with Crippen molar-refractivity contribution in [1.82, 2.24) is 0 Å². The minimum absolute atomic E-state index is 0.0712. The first-order valence-electron chi connectivity index (χ1n) is 8.56. The molecule has 130 valence electrons. The Morgan fingerprint density at radius 1 is 0.917 bits per heavy atom. The lowest BCUT2D eigenvalue weighted by Gasteiger charge is -2.52. The summed E-state index contributed by atoms with van der Waals surface area (Å²) in [6, 6.07) is -0.383. The van der Waals surface area contributed by atoms with Crippen LogP contribution >= 0.6 is 0 Å². The molecular formula is C13H18B2O9. The van der Waals surface area contributed by atoms with Gasteiger partial charge in [-0.25, -0.2) is 0 Å². The van der Waals surface area contributed by atoms with E-state index in [1.165, 1.54) is 0 Å². The van der Waals surface area contributed by atoms with E-state index in [1.807, 2.05) is 0 Å². The Balaban J connectivity index is 1.18. The molecule has 6 fully saturated rings. The van der Waals surface area contributed by atoms with Gasteiger partial charge in [0.25, 0.3) is 0 Å². The fourth-order valence-electron chi connectivity index (χ4n) is 4.74. The fraction of sp³-hybridized carbons (Fsp3) is 1.00. The van der Waals surface area contributed by atoms with Crippen LogP contribution in [-0.2, 0) is 33.0 Å². The third-order valence-electron chi connectivity index (χ3n) is 5.97. The lowest BCUT2D eigenvalue weighted by Crippen LogP contribution is -2.72. The molecule has 6 bridgehead atoms. The highest BCUT2D eigenvalue weighted by Gasteiger charge is 2.64. The maximum Gasteiger partial charge on any atom is 0.449 e. The van der Waals surface area contributed by atoms with Crippen LogP contribution in [0.25, 0.3) is 0 Å². The van der Waals surface area contributed by atoms with Gasteiger partial charge in [0.15, 0.2) is 12.6 Å². The lowest BCUT2D eigenvalue weighted by molar-refractivity contribution is -0.276. The molecule has 0 aromatic rings. The summed E-state index contributed by atoms with van der Waals surface area (Å²) in [5.74, 6) is 0.161. The zero-order valence-electron chi connectivity index (χ0n) is 12.8. The van der Waals surface area contributed by atoms with Crippen LogP contribution in [0, 0.1) is 5.92 Å². The van der Waals surface area contributed by atoms with Crippen LogP contribution < -0.4 is 0 Å². The van der Waals surface area contributed by atoms with Gasteiger partial charge >= 0.3 is 13.8 Å². The Morgan fingerprint density at radius 3 is 2.62 bits per heavy atom. The van der Waals surface area contributed by atoms with Crippen LogP contribution in [-0.4, -0.2) is 92.4 Å². The van der Waals surface area contributed by atoms with E-state index in [0.29, 0.717) is 13.2 Å². The standard InChI is InChI=1S/C13H18B2O9/c16-7-9-6-3-19-13(21-6)10(7)24-15(23-9)14(17)11-5-1-4-2-18-12(20-4)8(5)22-11/h4-13,16-17H,1-3H2/t4-,5-,6-,7-,8+,9+,10+,11?,12?,13+/m0/s1. The molecule has 0 amide bonds. The molecule has 0 aromatic carbocycles. The highest BCUT2D eigenvalue weighted by Crippen LogP contribution is 2.45. The zero-order valence-corrected chi connectivity index (χ0v) is 12.8. The molecule has 2 unspecified atom stereocenters. The van der Waals surface area contributed by atoms with Gasteiger partial charge in [-0.1, -0.05) is 0 Å². The molecular weight excluding hydrogens is 322 g/mol. The second-order valence-corrected chi connectivity index (χ2v) is 7.35. The highest BCUT2D eigenvalue weighted by atomic mass is 16.8. The summed E-state index contributed by atoms with van der Waals surface area (Å²) in [4.78, 5) is 0. The van der Waals surface area contributed by atoms with Gasteiger partial charge in [-0.3, -0.25) is 0 Å². The summed E-state index contributed by atoms with van der Waals surface area (Å²) in [7, 11) is -0.869. The summed E-state index contributed by atoms with van der Waals surface area (Å²) >= 11 is 0. The molecule has 0 aromatic heterocycles. The molecule has 24 heavy (non-hydrogen) atoms. The van der Waals surface area contributed by atoms with Crippen LogP contribution in [0.5, 0.6) is 0 Å². The van der Waals surface area contributed by atoms with E-state index in [1.54, 1.807) is 0 Å². The molecule has 0 spiro atoms. The molecule has 11 heteroatoms. The first-order chi connectivity index (χ1) is 11.7. The third kappa shape index (κ3) is 1.93. The molecule has 0 aliphatic carbocycles. The quantitative estimate of drug-likeness (QED) is 0.528. The highest BCUT2D eigenvalue weighted by molar-refractivity contribution is 7.13. The van der Waals surface area contributed by atoms with E-state index < -0.39 is 38.4 Å². The number of hydrogen-bond acceptors (Lipinski definition) is 9. The molecule has 10 atom stereocenters. The van der Waals surface area contributed by atoms with Gasteiger partial charge in [-0.15, -0.1) is 0 Å².